The van der Waals surface area contributed by atoms with E-state index in [4.69, 9.17) is 0 Å². The normalized spacial score (nSPS) is 12.9. The van der Waals surface area contributed by atoms with Crippen molar-refractivity contribution < 1.29 is 0 Å². The molecule has 1 unspecified atom stereocenters. The lowest BCUT2D eigenvalue weighted by atomic mass is 10.0. The fourth-order valence-corrected chi connectivity index (χ4v) is 2.48. The predicted molar refractivity (Wildman–Crippen MR) is 78.7 cm³/mol. The van der Waals surface area contributed by atoms with E-state index in [1.165, 1.54) is 17.7 Å². The summed E-state index contributed by atoms with van der Waals surface area (Å²) in [5, 5.41) is 3.59. The first-order valence-electron chi connectivity index (χ1n) is 6.59. The first-order chi connectivity index (χ1) is 8.18. The molecule has 1 rings (SSSR count). The van der Waals surface area contributed by atoms with Crippen molar-refractivity contribution in [1.29, 1.82) is 0 Å². The first kappa shape index (κ1) is 14.6. The van der Waals surface area contributed by atoms with Gasteiger partial charge < -0.3 is 5.32 Å². The molecule has 0 fully saturated rings. The van der Waals surface area contributed by atoms with Crippen LogP contribution in [0.25, 0.3) is 0 Å². The van der Waals surface area contributed by atoms with E-state index in [1.54, 1.807) is 0 Å². The summed E-state index contributed by atoms with van der Waals surface area (Å²) in [7, 11) is 0. The minimum Gasteiger partial charge on any atom is -0.313 e. The van der Waals surface area contributed by atoms with Crippen molar-refractivity contribution in [1.82, 2.24) is 5.32 Å². The zero-order valence-electron chi connectivity index (χ0n) is 11.3. The number of rotatable bonds is 8. The van der Waals surface area contributed by atoms with Crippen molar-refractivity contribution in [3.05, 3.63) is 30.3 Å². The molecule has 0 aliphatic heterocycles. The second-order valence-corrected chi connectivity index (χ2v) is 6.16. The Morgan fingerprint density at radius 2 is 1.76 bits per heavy atom. The number of hydrogen-bond acceptors (Lipinski definition) is 2. The maximum Gasteiger partial charge on any atom is 0.0106 e. The summed E-state index contributed by atoms with van der Waals surface area (Å²) in [4.78, 5) is 1.36. The number of hydrogen-bond donors (Lipinski definition) is 1. The lowest BCUT2D eigenvalue weighted by molar-refractivity contribution is 0.460. The summed E-state index contributed by atoms with van der Waals surface area (Å²) < 4.78 is 0. The average Bonchev–Trinajstić information content (AvgIpc) is 2.33. The number of thioether (sulfide) groups is 1. The molecule has 2 heteroatoms. The number of nitrogens with one attached hydrogen (secondary N) is 1. The molecule has 1 aromatic carbocycles. The molecule has 0 heterocycles. The molecule has 96 valence electrons. The van der Waals surface area contributed by atoms with Crippen LogP contribution in [0.3, 0.4) is 0 Å². The highest BCUT2D eigenvalue weighted by atomic mass is 32.2. The first-order valence-corrected chi connectivity index (χ1v) is 7.58. The van der Waals surface area contributed by atoms with E-state index < -0.39 is 0 Å². The molecule has 0 radical (unpaired) electrons. The van der Waals surface area contributed by atoms with Crippen LogP contribution in [-0.2, 0) is 0 Å². The van der Waals surface area contributed by atoms with Crippen molar-refractivity contribution in [2.24, 2.45) is 5.92 Å². The molecule has 0 amide bonds. The van der Waals surface area contributed by atoms with Gasteiger partial charge in [0.25, 0.3) is 0 Å². The minimum absolute atomic E-state index is 0.647. The van der Waals surface area contributed by atoms with E-state index in [-0.39, 0.29) is 0 Å². The van der Waals surface area contributed by atoms with Gasteiger partial charge in [0.05, 0.1) is 0 Å². The van der Waals surface area contributed by atoms with Gasteiger partial charge in [-0.25, -0.2) is 0 Å². The standard InChI is InChI=1S/C15H25NS/c1-13(2)9-10-14(3)16-11-12-17-15-7-5-4-6-8-15/h4-8,13-14,16H,9-12H2,1-3H3. The van der Waals surface area contributed by atoms with Crippen LogP contribution < -0.4 is 5.32 Å². The Morgan fingerprint density at radius 1 is 1.06 bits per heavy atom. The lowest BCUT2D eigenvalue weighted by Gasteiger charge is -2.14. The quantitative estimate of drug-likeness (QED) is 0.549. The summed E-state index contributed by atoms with van der Waals surface area (Å²) >= 11 is 1.92. The highest BCUT2D eigenvalue weighted by Gasteiger charge is 2.02. The van der Waals surface area contributed by atoms with Gasteiger partial charge >= 0.3 is 0 Å². The molecular formula is C15H25NS. The molecule has 0 bridgehead atoms. The molecule has 1 N–H and O–H groups in total. The van der Waals surface area contributed by atoms with E-state index >= 15 is 0 Å². The zero-order chi connectivity index (χ0) is 12.5. The van der Waals surface area contributed by atoms with Gasteiger partial charge in [-0.1, -0.05) is 32.0 Å². The summed E-state index contributed by atoms with van der Waals surface area (Å²) in [6.07, 6.45) is 2.60. The van der Waals surface area contributed by atoms with Crippen molar-refractivity contribution >= 4 is 11.8 Å². The van der Waals surface area contributed by atoms with Gasteiger partial charge in [-0.05, 0) is 37.8 Å². The van der Waals surface area contributed by atoms with Crippen LogP contribution >= 0.6 is 11.8 Å². The Hall–Kier alpha value is -0.470. The molecule has 1 atom stereocenters. The third-order valence-electron chi connectivity index (χ3n) is 2.78. The maximum absolute atomic E-state index is 3.59. The highest BCUT2D eigenvalue weighted by molar-refractivity contribution is 7.99. The van der Waals surface area contributed by atoms with Crippen LogP contribution in [-0.4, -0.2) is 18.3 Å². The molecule has 0 saturated heterocycles. The molecule has 0 aromatic heterocycles. The molecule has 0 spiro atoms. The lowest BCUT2D eigenvalue weighted by Crippen LogP contribution is -2.28. The predicted octanol–water partition coefficient (Wildman–Crippen LogP) is 4.19. The van der Waals surface area contributed by atoms with Crippen LogP contribution in [0, 0.1) is 5.92 Å². The van der Waals surface area contributed by atoms with E-state index in [1.807, 2.05) is 11.8 Å². The smallest absolute Gasteiger partial charge is 0.0106 e. The average molecular weight is 251 g/mol. The minimum atomic E-state index is 0.647. The molecule has 1 aromatic rings. The summed E-state index contributed by atoms with van der Waals surface area (Å²) in [6.45, 7) is 7.96. The van der Waals surface area contributed by atoms with E-state index in [0.717, 1.165) is 18.2 Å². The van der Waals surface area contributed by atoms with Crippen LogP contribution in [0.2, 0.25) is 0 Å². The van der Waals surface area contributed by atoms with E-state index in [0.29, 0.717) is 6.04 Å². The van der Waals surface area contributed by atoms with Gasteiger partial charge in [0, 0.05) is 23.2 Å². The third kappa shape index (κ3) is 7.45. The van der Waals surface area contributed by atoms with Crippen molar-refractivity contribution in [3.63, 3.8) is 0 Å². The molecule has 0 aliphatic rings. The Bertz CT molecular complexity index is 284. The van der Waals surface area contributed by atoms with Gasteiger partial charge in [0.15, 0.2) is 0 Å². The van der Waals surface area contributed by atoms with Crippen LogP contribution in [0.5, 0.6) is 0 Å². The zero-order valence-corrected chi connectivity index (χ0v) is 12.1. The Kier molecular flexibility index (Phi) is 7.38. The Balaban J connectivity index is 2.04. The number of benzene rings is 1. The second kappa shape index (κ2) is 8.60. The largest absolute Gasteiger partial charge is 0.313 e. The van der Waals surface area contributed by atoms with Gasteiger partial charge in [0.2, 0.25) is 0 Å². The second-order valence-electron chi connectivity index (χ2n) is 4.99. The van der Waals surface area contributed by atoms with Crippen LogP contribution in [0.1, 0.15) is 33.6 Å². The Labute approximate surface area is 110 Å². The van der Waals surface area contributed by atoms with E-state index in [9.17, 15) is 0 Å². The van der Waals surface area contributed by atoms with Crippen molar-refractivity contribution in [2.75, 3.05) is 12.3 Å². The highest BCUT2D eigenvalue weighted by Crippen LogP contribution is 2.16. The molecular weight excluding hydrogens is 226 g/mol. The fourth-order valence-electron chi connectivity index (χ4n) is 1.68. The maximum atomic E-state index is 3.59. The summed E-state index contributed by atoms with van der Waals surface area (Å²) in [5.74, 6) is 1.97. The van der Waals surface area contributed by atoms with Crippen LogP contribution in [0.4, 0.5) is 0 Å². The fraction of sp³-hybridized carbons (Fsp3) is 0.600. The SMILES string of the molecule is CC(C)CCC(C)NCCSc1ccccc1. The van der Waals surface area contributed by atoms with Crippen molar-refractivity contribution in [3.8, 4) is 0 Å². The third-order valence-corrected chi connectivity index (χ3v) is 3.80. The van der Waals surface area contributed by atoms with Crippen molar-refractivity contribution in [2.45, 2.75) is 44.6 Å². The molecule has 1 nitrogen and oxygen atoms in total. The van der Waals surface area contributed by atoms with Gasteiger partial charge in [-0.2, -0.15) is 0 Å². The van der Waals surface area contributed by atoms with Gasteiger partial charge in [0.1, 0.15) is 0 Å². The topological polar surface area (TPSA) is 12.0 Å². The van der Waals surface area contributed by atoms with E-state index in [2.05, 4.69) is 56.4 Å². The molecule has 0 saturated carbocycles. The summed E-state index contributed by atoms with van der Waals surface area (Å²) in [5.41, 5.74) is 0. The van der Waals surface area contributed by atoms with Crippen LogP contribution in [0.15, 0.2) is 35.2 Å². The van der Waals surface area contributed by atoms with Gasteiger partial charge in [-0.15, -0.1) is 11.8 Å². The monoisotopic (exact) mass is 251 g/mol. The summed E-state index contributed by atoms with van der Waals surface area (Å²) in [6, 6.07) is 11.3. The molecule has 0 aliphatic carbocycles. The molecule has 17 heavy (non-hydrogen) atoms. The van der Waals surface area contributed by atoms with Gasteiger partial charge in [-0.3, -0.25) is 0 Å². The Morgan fingerprint density at radius 3 is 2.41 bits per heavy atom.